The Morgan fingerprint density at radius 1 is 1.33 bits per heavy atom. The number of aryl methyl sites for hydroxylation is 1. The largest absolute Gasteiger partial charge is 0.489 e. The summed E-state index contributed by atoms with van der Waals surface area (Å²) in [6, 6.07) is 8.77. The molecule has 2 rings (SSSR count). The van der Waals surface area contributed by atoms with Crippen LogP contribution in [0.2, 0.25) is 0 Å². The molecule has 0 saturated heterocycles. The van der Waals surface area contributed by atoms with Gasteiger partial charge in [0.15, 0.2) is 0 Å². The average Bonchev–Trinajstić information content (AvgIpc) is 2.79. The normalized spacial score (nSPS) is 23.1. The summed E-state index contributed by atoms with van der Waals surface area (Å²) in [6.45, 7) is 6.43. The second-order valence-corrected chi connectivity index (χ2v) is 5.50. The molecule has 0 N–H and O–H groups in total. The number of ether oxygens (including phenoxy) is 1. The first kappa shape index (κ1) is 13.0. The third-order valence-electron chi connectivity index (χ3n) is 3.78. The van der Waals surface area contributed by atoms with E-state index in [1.54, 1.807) is 0 Å². The van der Waals surface area contributed by atoms with E-state index in [1.807, 2.05) is 0 Å². The highest BCUT2D eigenvalue weighted by atomic mass is 16.5. The highest BCUT2D eigenvalue weighted by Gasteiger charge is 2.29. The lowest BCUT2D eigenvalue weighted by molar-refractivity contribution is 0.181. The van der Waals surface area contributed by atoms with E-state index in [1.165, 1.54) is 5.56 Å². The molecule has 0 heterocycles. The third kappa shape index (κ3) is 2.67. The molecule has 2 atom stereocenters. The standard InChI is InChI=1S/C16H21NO/c1-11(2)13-8-7-12(3)16(9-13)18-15-6-4-5-14(15)10-17/h7-9,11,14-15H,4-6H2,1-3H3. The van der Waals surface area contributed by atoms with Gasteiger partial charge in [-0.3, -0.25) is 0 Å². The van der Waals surface area contributed by atoms with Gasteiger partial charge in [-0.2, -0.15) is 5.26 Å². The number of hydrogen-bond acceptors (Lipinski definition) is 2. The fourth-order valence-electron chi connectivity index (χ4n) is 2.48. The van der Waals surface area contributed by atoms with Crippen molar-refractivity contribution in [2.24, 2.45) is 5.92 Å². The van der Waals surface area contributed by atoms with Crippen molar-refractivity contribution in [1.29, 1.82) is 5.26 Å². The predicted octanol–water partition coefficient (Wildman–Crippen LogP) is 4.19. The van der Waals surface area contributed by atoms with Gasteiger partial charge in [-0.05, 0) is 49.3 Å². The van der Waals surface area contributed by atoms with Crippen LogP contribution in [0.3, 0.4) is 0 Å². The maximum Gasteiger partial charge on any atom is 0.122 e. The fraction of sp³-hybridized carbons (Fsp3) is 0.562. The first-order chi connectivity index (χ1) is 8.61. The van der Waals surface area contributed by atoms with E-state index < -0.39 is 0 Å². The van der Waals surface area contributed by atoms with Crippen LogP contribution >= 0.6 is 0 Å². The molecule has 1 aliphatic carbocycles. The zero-order valence-corrected chi connectivity index (χ0v) is 11.4. The van der Waals surface area contributed by atoms with Gasteiger partial charge < -0.3 is 4.74 Å². The lowest BCUT2D eigenvalue weighted by Crippen LogP contribution is -2.20. The van der Waals surface area contributed by atoms with E-state index in [-0.39, 0.29) is 12.0 Å². The Labute approximate surface area is 110 Å². The molecule has 0 aromatic heterocycles. The molecule has 0 amide bonds. The number of hydrogen-bond donors (Lipinski definition) is 0. The van der Waals surface area contributed by atoms with Crippen molar-refractivity contribution in [3.8, 4) is 11.8 Å². The second kappa shape index (κ2) is 5.44. The van der Waals surface area contributed by atoms with Crippen LogP contribution in [0.15, 0.2) is 18.2 Å². The Hall–Kier alpha value is -1.49. The summed E-state index contributed by atoms with van der Waals surface area (Å²) in [5.74, 6) is 1.52. The Kier molecular flexibility index (Phi) is 3.91. The van der Waals surface area contributed by atoms with Crippen LogP contribution in [-0.4, -0.2) is 6.10 Å². The van der Waals surface area contributed by atoms with Gasteiger partial charge in [0.2, 0.25) is 0 Å². The highest BCUT2D eigenvalue weighted by Crippen LogP contribution is 2.32. The maximum atomic E-state index is 9.10. The smallest absolute Gasteiger partial charge is 0.122 e. The van der Waals surface area contributed by atoms with Gasteiger partial charge in [0, 0.05) is 0 Å². The molecule has 0 radical (unpaired) electrons. The predicted molar refractivity (Wildman–Crippen MR) is 72.6 cm³/mol. The molecule has 1 fully saturated rings. The van der Waals surface area contributed by atoms with Crippen LogP contribution in [-0.2, 0) is 0 Å². The number of nitrogens with zero attached hydrogens (tertiary/aromatic N) is 1. The SMILES string of the molecule is Cc1ccc(C(C)C)cc1OC1CCCC1C#N. The quantitative estimate of drug-likeness (QED) is 0.797. The molecule has 1 aromatic rings. The summed E-state index contributed by atoms with van der Waals surface area (Å²) < 4.78 is 6.08. The van der Waals surface area contributed by atoms with Crippen LogP contribution in [0, 0.1) is 24.2 Å². The lowest BCUT2D eigenvalue weighted by atomic mass is 10.0. The average molecular weight is 243 g/mol. The van der Waals surface area contributed by atoms with Crippen LogP contribution in [0.1, 0.15) is 50.2 Å². The van der Waals surface area contributed by atoms with Crippen molar-refractivity contribution in [3.05, 3.63) is 29.3 Å². The molecular formula is C16H21NO. The van der Waals surface area contributed by atoms with Crippen LogP contribution in [0.5, 0.6) is 5.75 Å². The summed E-state index contributed by atoms with van der Waals surface area (Å²) in [6.07, 6.45) is 3.16. The Balaban J connectivity index is 2.18. The van der Waals surface area contributed by atoms with Gasteiger partial charge in [-0.25, -0.2) is 0 Å². The van der Waals surface area contributed by atoms with E-state index in [4.69, 9.17) is 10.00 Å². The Bertz CT molecular complexity index is 459. The van der Waals surface area contributed by atoms with Gasteiger partial charge in [0.05, 0.1) is 12.0 Å². The Morgan fingerprint density at radius 2 is 2.11 bits per heavy atom. The number of rotatable bonds is 3. The zero-order valence-electron chi connectivity index (χ0n) is 11.4. The molecule has 18 heavy (non-hydrogen) atoms. The molecule has 1 aromatic carbocycles. The number of benzene rings is 1. The minimum absolute atomic E-state index is 0.0621. The zero-order chi connectivity index (χ0) is 13.1. The van der Waals surface area contributed by atoms with Crippen molar-refractivity contribution in [2.75, 3.05) is 0 Å². The molecule has 96 valence electrons. The minimum Gasteiger partial charge on any atom is -0.489 e. The van der Waals surface area contributed by atoms with E-state index >= 15 is 0 Å². The summed E-state index contributed by atoms with van der Waals surface area (Å²) in [7, 11) is 0. The van der Waals surface area contributed by atoms with Crippen molar-refractivity contribution in [1.82, 2.24) is 0 Å². The highest BCUT2D eigenvalue weighted by molar-refractivity contribution is 5.38. The molecule has 1 aliphatic rings. The molecule has 2 nitrogen and oxygen atoms in total. The molecule has 2 unspecified atom stereocenters. The van der Waals surface area contributed by atoms with Crippen molar-refractivity contribution < 1.29 is 4.74 Å². The number of nitriles is 1. The third-order valence-corrected chi connectivity index (χ3v) is 3.78. The van der Waals surface area contributed by atoms with Crippen molar-refractivity contribution in [3.63, 3.8) is 0 Å². The van der Waals surface area contributed by atoms with Gasteiger partial charge in [-0.1, -0.05) is 26.0 Å². The van der Waals surface area contributed by atoms with Crippen molar-refractivity contribution in [2.45, 2.75) is 52.1 Å². The summed E-state index contributed by atoms with van der Waals surface area (Å²) in [4.78, 5) is 0. The lowest BCUT2D eigenvalue weighted by Gasteiger charge is -2.19. The molecule has 1 saturated carbocycles. The summed E-state index contributed by atoms with van der Waals surface area (Å²) in [5.41, 5.74) is 2.45. The molecule has 0 bridgehead atoms. The van der Waals surface area contributed by atoms with E-state index in [2.05, 4.69) is 45.0 Å². The molecule has 0 aliphatic heterocycles. The Morgan fingerprint density at radius 3 is 2.78 bits per heavy atom. The van der Waals surface area contributed by atoms with E-state index in [9.17, 15) is 0 Å². The molecular weight excluding hydrogens is 222 g/mol. The van der Waals surface area contributed by atoms with Gasteiger partial charge >= 0.3 is 0 Å². The maximum absolute atomic E-state index is 9.10. The molecule has 0 spiro atoms. The summed E-state index contributed by atoms with van der Waals surface area (Å²) >= 11 is 0. The summed E-state index contributed by atoms with van der Waals surface area (Å²) in [5, 5.41) is 9.10. The van der Waals surface area contributed by atoms with E-state index in [0.717, 1.165) is 30.6 Å². The second-order valence-electron chi connectivity index (χ2n) is 5.50. The first-order valence-corrected chi connectivity index (χ1v) is 6.78. The van der Waals surface area contributed by atoms with Gasteiger partial charge in [-0.15, -0.1) is 0 Å². The monoisotopic (exact) mass is 243 g/mol. The molecule has 2 heteroatoms. The topological polar surface area (TPSA) is 33.0 Å². The minimum atomic E-state index is 0.0621. The van der Waals surface area contributed by atoms with E-state index in [0.29, 0.717) is 5.92 Å². The van der Waals surface area contributed by atoms with Crippen LogP contribution in [0.4, 0.5) is 0 Å². The van der Waals surface area contributed by atoms with Gasteiger partial charge in [0.1, 0.15) is 11.9 Å². The fourth-order valence-corrected chi connectivity index (χ4v) is 2.48. The first-order valence-electron chi connectivity index (χ1n) is 6.78. The van der Waals surface area contributed by atoms with Crippen LogP contribution < -0.4 is 4.74 Å². The van der Waals surface area contributed by atoms with Crippen LogP contribution in [0.25, 0.3) is 0 Å². The van der Waals surface area contributed by atoms with Gasteiger partial charge in [0.25, 0.3) is 0 Å². The van der Waals surface area contributed by atoms with Crippen molar-refractivity contribution >= 4 is 0 Å².